The first kappa shape index (κ1) is 22.8. The van der Waals surface area contributed by atoms with Gasteiger partial charge in [-0.3, -0.25) is 9.36 Å². The van der Waals surface area contributed by atoms with E-state index in [0.717, 1.165) is 21.1 Å². The van der Waals surface area contributed by atoms with Crippen LogP contribution >= 0.6 is 11.8 Å². The van der Waals surface area contributed by atoms with Gasteiger partial charge in [0.15, 0.2) is 5.65 Å². The van der Waals surface area contributed by atoms with Gasteiger partial charge in [-0.1, -0.05) is 12.1 Å². The zero-order chi connectivity index (χ0) is 23.5. The Kier molecular flexibility index (Phi) is 6.68. The predicted octanol–water partition coefficient (Wildman–Crippen LogP) is 3.21. The summed E-state index contributed by atoms with van der Waals surface area (Å²) in [7, 11) is 0. The molecule has 7 nitrogen and oxygen atoms in total. The molecule has 2 aromatic carbocycles. The first-order chi connectivity index (χ1) is 15.9. The number of nitrogens with one attached hydrogen (secondary N) is 1. The summed E-state index contributed by atoms with van der Waals surface area (Å²) in [5.41, 5.74) is 0.546. The van der Waals surface area contributed by atoms with Gasteiger partial charge in [-0.25, -0.2) is 13.8 Å². The average molecular weight is 471 g/mol. The summed E-state index contributed by atoms with van der Waals surface area (Å²) in [6, 6.07) is 12.5. The third-order valence-corrected chi connectivity index (χ3v) is 5.74. The molecule has 0 spiro atoms. The Morgan fingerprint density at radius 3 is 2.55 bits per heavy atom. The third-order valence-electron chi connectivity index (χ3n) is 5.02. The van der Waals surface area contributed by atoms with Crippen LogP contribution in [-0.4, -0.2) is 50.3 Å². The van der Waals surface area contributed by atoms with Crippen LogP contribution in [0.4, 0.5) is 14.7 Å². The quantitative estimate of drug-likeness (QED) is 0.357. The molecule has 0 aliphatic heterocycles. The molecule has 0 radical (unpaired) electrons. The Balaban J connectivity index is 2.05. The molecule has 0 fully saturated rings. The van der Waals surface area contributed by atoms with Gasteiger partial charge in [-0.15, -0.1) is 11.8 Å². The summed E-state index contributed by atoms with van der Waals surface area (Å²) in [6.07, 6.45) is 1.94. The lowest BCUT2D eigenvalue weighted by molar-refractivity contribution is 0.203. The minimum absolute atomic E-state index is 0.0297. The van der Waals surface area contributed by atoms with E-state index in [2.05, 4.69) is 15.3 Å². The highest BCUT2D eigenvalue weighted by atomic mass is 32.2. The van der Waals surface area contributed by atoms with Crippen LogP contribution in [0.1, 0.15) is 0 Å². The van der Waals surface area contributed by atoms with Crippen molar-refractivity contribution >= 4 is 28.7 Å². The molecule has 33 heavy (non-hydrogen) atoms. The molecule has 10 heteroatoms. The van der Waals surface area contributed by atoms with Crippen molar-refractivity contribution < 1.29 is 19.0 Å². The number of rotatable bonds is 7. The van der Waals surface area contributed by atoms with Crippen molar-refractivity contribution in [2.24, 2.45) is 0 Å². The smallest absolute Gasteiger partial charge is 0.256 e. The van der Waals surface area contributed by atoms with Gasteiger partial charge in [0.05, 0.1) is 30.6 Å². The van der Waals surface area contributed by atoms with Gasteiger partial charge in [-0.2, -0.15) is 4.98 Å². The van der Waals surface area contributed by atoms with Gasteiger partial charge in [0.2, 0.25) is 5.95 Å². The zero-order valence-electron chi connectivity index (χ0n) is 17.5. The van der Waals surface area contributed by atoms with E-state index in [1.165, 1.54) is 12.1 Å². The molecule has 4 aromatic rings. The predicted molar refractivity (Wildman–Crippen MR) is 124 cm³/mol. The molecule has 0 atom stereocenters. The van der Waals surface area contributed by atoms with E-state index < -0.39 is 23.2 Å². The van der Waals surface area contributed by atoms with Gasteiger partial charge >= 0.3 is 0 Å². The van der Waals surface area contributed by atoms with Crippen LogP contribution in [0.5, 0.6) is 0 Å². The number of nitrogens with zero attached hydrogens (tertiary/aromatic N) is 3. The van der Waals surface area contributed by atoms with Crippen LogP contribution in [0.25, 0.3) is 28.0 Å². The van der Waals surface area contributed by atoms with Crippen molar-refractivity contribution in [3.05, 3.63) is 76.6 Å². The Morgan fingerprint density at radius 2 is 1.85 bits per heavy atom. The van der Waals surface area contributed by atoms with Crippen LogP contribution in [0.3, 0.4) is 0 Å². The van der Waals surface area contributed by atoms with Crippen LogP contribution in [0, 0.1) is 11.6 Å². The maximum absolute atomic E-state index is 14.7. The summed E-state index contributed by atoms with van der Waals surface area (Å²) in [4.78, 5) is 22.7. The first-order valence-electron chi connectivity index (χ1n) is 9.97. The molecule has 3 N–H and O–H groups in total. The normalized spacial score (nSPS) is 11.3. The fourth-order valence-corrected chi connectivity index (χ4v) is 3.86. The molecule has 170 valence electrons. The molecule has 2 aromatic heterocycles. The monoisotopic (exact) mass is 470 g/mol. The molecular weight excluding hydrogens is 450 g/mol. The number of anilines is 1. The number of pyridine rings is 1. The van der Waals surface area contributed by atoms with Gasteiger partial charge in [0, 0.05) is 28.0 Å². The third kappa shape index (κ3) is 4.58. The van der Waals surface area contributed by atoms with E-state index in [4.69, 9.17) is 0 Å². The number of aliphatic hydroxyl groups is 2. The van der Waals surface area contributed by atoms with Gasteiger partial charge in [-0.05, 0) is 36.6 Å². The minimum Gasteiger partial charge on any atom is -0.394 e. The molecule has 0 saturated heterocycles. The van der Waals surface area contributed by atoms with E-state index in [-0.39, 0.29) is 30.5 Å². The Morgan fingerprint density at radius 1 is 1.06 bits per heavy atom. The maximum Gasteiger partial charge on any atom is 0.256 e. The number of benzene rings is 2. The Labute approximate surface area is 191 Å². The zero-order valence-corrected chi connectivity index (χ0v) is 18.3. The molecule has 0 amide bonds. The fraction of sp³-hybridized carbons (Fsp3) is 0.174. The van der Waals surface area contributed by atoms with Crippen molar-refractivity contribution in [3.8, 4) is 16.9 Å². The highest BCUT2D eigenvalue weighted by molar-refractivity contribution is 7.98. The van der Waals surface area contributed by atoms with Crippen LogP contribution in [0.2, 0.25) is 0 Å². The van der Waals surface area contributed by atoms with Crippen LogP contribution in [-0.2, 0) is 0 Å². The Bertz CT molecular complexity index is 1380. The summed E-state index contributed by atoms with van der Waals surface area (Å²) in [5, 5.41) is 22.2. The van der Waals surface area contributed by atoms with Crippen molar-refractivity contribution in [3.63, 3.8) is 0 Å². The highest BCUT2D eigenvalue weighted by Gasteiger charge is 2.18. The summed E-state index contributed by atoms with van der Waals surface area (Å²) < 4.78 is 29.2. The second-order valence-corrected chi connectivity index (χ2v) is 8.05. The molecule has 2 heterocycles. The van der Waals surface area contributed by atoms with Gasteiger partial charge in [0.25, 0.3) is 5.56 Å². The molecule has 0 aliphatic rings. The summed E-state index contributed by atoms with van der Waals surface area (Å²) in [5.74, 6) is -1.67. The largest absolute Gasteiger partial charge is 0.394 e. The lowest BCUT2D eigenvalue weighted by Gasteiger charge is -2.17. The molecular formula is C23H20F2N4O3S. The van der Waals surface area contributed by atoms with Crippen molar-refractivity contribution in [1.29, 1.82) is 0 Å². The number of hydrogen-bond acceptors (Lipinski definition) is 7. The number of aromatic nitrogens is 3. The maximum atomic E-state index is 14.7. The average Bonchev–Trinajstić information content (AvgIpc) is 2.82. The van der Waals surface area contributed by atoms with Crippen molar-refractivity contribution in [1.82, 2.24) is 14.5 Å². The minimum atomic E-state index is -0.924. The number of halogens is 2. The number of fused-ring (bicyclic) bond motifs is 1. The van der Waals surface area contributed by atoms with Gasteiger partial charge < -0.3 is 15.5 Å². The standard InChI is InChI=1S/C23H20F2N4O3S/c1-33-16-4-2-3-13(9-16)21-17-6-8-20(32)29(19-7-5-14(24)10-18(19)25)22(17)28-23(27-21)26-15(11-30)12-31/h2-10,15,30-31H,11-12H2,1H3,(H,26,27,28). The number of aliphatic hydroxyl groups excluding tert-OH is 2. The number of hydrogen-bond donors (Lipinski definition) is 3. The topological polar surface area (TPSA) is 100 Å². The Hall–Kier alpha value is -3.34. The van der Waals surface area contributed by atoms with Crippen LogP contribution in [0.15, 0.2) is 64.3 Å². The van der Waals surface area contributed by atoms with E-state index >= 15 is 0 Å². The van der Waals surface area contributed by atoms with E-state index in [1.54, 1.807) is 17.8 Å². The lowest BCUT2D eigenvalue weighted by Crippen LogP contribution is -2.29. The molecule has 0 saturated carbocycles. The second-order valence-electron chi connectivity index (χ2n) is 7.17. The molecule has 4 rings (SSSR count). The molecule has 0 bridgehead atoms. The van der Waals surface area contributed by atoms with Crippen LogP contribution < -0.4 is 10.9 Å². The summed E-state index contributed by atoms with van der Waals surface area (Å²) >= 11 is 1.55. The van der Waals surface area contributed by atoms with Crippen molar-refractivity contribution in [2.45, 2.75) is 10.9 Å². The second kappa shape index (κ2) is 9.65. The van der Waals surface area contributed by atoms with E-state index in [0.29, 0.717) is 17.1 Å². The highest BCUT2D eigenvalue weighted by Crippen LogP contribution is 2.30. The molecule has 0 unspecified atom stereocenters. The molecule has 0 aliphatic carbocycles. The van der Waals surface area contributed by atoms with Crippen molar-refractivity contribution in [2.75, 3.05) is 24.8 Å². The summed E-state index contributed by atoms with van der Waals surface area (Å²) in [6.45, 7) is -0.771. The SMILES string of the molecule is CSc1cccc(-c2nc(NC(CO)CO)nc3c2ccc(=O)n3-c2ccc(F)cc2F)c1. The fourth-order valence-electron chi connectivity index (χ4n) is 3.40. The van der Waals surface area contributed by atoms with E-state index in [9.17, 15) is 23.8 Å². The van der Waals surface area contributed by atoms with Gasteiger partial charge in [0.1, 0.15) is 11.6 Å². The van der Waals surface area contributed by atoms with E-state index in [1.807, 2.05) is 30.5 Å². The number of thioether (sulfide) groups is 1. The first-order valence-corrected chi connectivity index (χ1v) is 11.2. The lowest BCUT2D eigenvalue weighted by atomic mass is 10.1.